The summed E-state index contributed by atoms with van der Waals surface area (Å²) in [7, 11) is 1.45. The van der Waals surface area contributed by atoms with Crippen molar-refractivity contribution in [3.05, 3.63) is 63.2 Å². The number of rotatable bonds is 4. The standard InChI is InChI=1S/C46H62N4O12/c1-22(2)21-50(58)18-16-46(17-19-50)48-34-31-32-39(54)28(8)42-33(31)43(56)45(10,62-42)60-20-15-30(59-11)25(5)41(61-29(9)51)27(7)38(53)26(6)37(52)23(3)13-12-14-24(4)44(57)47-36(40(32)55)35(34)49-46/h12-15,20,22-23,25-27,30,37-38,41,52-55H,16-19,21H2,1-11H3,(H,47,57)/b13-12+,20-15+,24-14-. The molecule has 1 fully saturated rings. The molecule has 5 N–H and O–H groups in total. The lowest BCUT2D eigenvalue weighted by atomic mass is 9.78. The number of benzene rings is 2. The number of aromatic hydroxyl groups is 2. The summed E-state index contributed by atoms with van der Waals surface area (Å²) in [6.45, 7) is 17.6. The molecule has 338 valence electrons. The monoisotopic (exact) mass is 862 g/mol. The molecule has 2 aromatic rings. The molecule has 0 radical (unpaired) electrons. The highest BCUT2D eigenvalue weighted by atomic mass is 16.7. The van der Waals surface area contributed by atoms with E-state index in [4.69, 9.17) is 28.9 Å². The first kappa shape index (κ1) is 46.6. The minimum atomic E-state index is -2.00. The summed E-state index contributed by atoms with van der Waals surface area (Å²) in [6, 6.07) is 0. The minimum Gasteiger partial charge on any atom is -0.633 e. The number of nitrogens with zero attached hydrogens (tertiary/aromatic N) is 3. The second kappa shape index (κ2) is 17.4. The number of hydroxylamine groups is 3. The maximum atomic E-state index is 14.7. The normalized spacial score (nSPS) is 36.0. The highest BCUT2D eigenvalue weighted by Gasteiger charge is 2.50. The molecule has 0 aliphatic carbocycles. The van der Waals surface area contributed by atoms with E-state index in [-0.39, 0.29) is 81.5 Å². The summed E-state index contributed by atoms with van der Waals surface area (Å²) in [5.41, 5.74) is -0.980. The minimum absolute atomic E-state index is 0.00253. The summed E-state index contributed by atoms with van der Waals surface area (Å²) in [5.74, 6) is -7.12. The van der Waals surface area contributed by atoms with Crippen LogP contribution in [-0.2, 0) is 23.8 Å². The number of hydrogen-bond acceptors (Lipinski definition) is 14. The number of phenols is 2. The number of quaternary nitrogens is 1. The first-order chi connectivity index (χ1) is 29.0. The van der Waals surface area contributed by atoms with Gasteiger partial charge in [0, 0.05) is 79.9 Å². The number of carbonyl (C=O) groups is 3. The number of carbonyl (C=O) groups excluding carboxylic acids is 3. The maximum absolute atomic E-state index is 14.7. The number of nitrogens with one attached hydrogen (secondary N) is 1. The Hall–Kier alpha value is -4.87. The van der Waals surface area contributed by atoms with Crippen LogP contribution in [0.4, 0.5) is 5.69 Å². The van der Waals surface area contributed by atoms with Crippen molar-refractivity contribution >= 4 is 34.1 Å². The van der Waals surface area contributed by atoms with E-state index in [1.165, 1.54) is 46.3 Å². The number of ketones is 1. The number of aliphatic hydroxyl groups is 2. The van der Waals surface area contributed by atoms with Gasteiger partial charge >= 0.3 is 11.8 Å². The van der Waals surface area contributed by atoms with Gasteiger partial charge in [-0.25, -0.2) is 0 Å². The number of aliphatic hydroxyl groups excluding tert-OH is 2. The predicted octanol–water partition coefficient (Wildman–Crippen LogP) is 4.76. The topological polar surface area (TPSA) is 229 Å². The number of likely N-dealkylation sites (tertiary alicyclic amines) is 1. The molecule has 2 aromatic carbocycles. The summed E-state index contributed by atoms with van der Waals surface area (Å²) >= 11 is 0. The lowest BCUT2D eigenvalue weighted by Crippen LogP contribution is -2.54. The van der Waals surface area contributed by atoms with Gasteiger partial charge in [-0.1, -0.05) is 59.8 Å². The molecule has 1 amide bonds. The van der Waals surface area contributed by atoms with Crippen molar-refractivity contribution in [2.75, 3.05) is 32.1 Å². The Balaban J connectivity index is 1.55. The van der Waals surface area contributed by atoms with Crippen LogP contribution in [-0.4, -0.2) is 105 Å². The van der Waals surface area contributed by atoms with E-state index in [9.17, 15) is 40.0 Å². The molecule has 0 saturated carbocycles. The third kappa shape index (κ3) is 8.47. The molecule has 9 atom stereocenters. The molecule has 4 aliphatic rings. The molecule has 9 unspecified atom stereocenters. The van der Waals surface area contributed by atoms with Gasteiger partial charge < -0.3 is 54.5 Å². The van der Waals surface area contributed by atoms with Gasteiger partial charge in [-0.3, -0.25) is 24.4 Å². The largest absolute Gasteiger partial charge is 0.633 e. The fraction of sp³-hybridized carbons (Fsp3) is 0.587. The number of ether oxygens (including phenoxy) is 4. The van der Waals surface area contributed by atoms with Crippen molar-refractivity contribution in [1.29, 1.82) is 0 Å². The van der Waals surface area contributed by atoms with E-state index in [2.05, 4.69) is 5.32 Å². The summed E-state index contributed by atoms with van der Waals surface area (Å²) < 4.78 is 23.5. The van der Waals surface area contributed by atoms with E-state index in [1.54, 1.807) is 46.8 Å². The summed E-state index contributed by atoms with van der Waals surface area (Å²) in [4.78, 5) is 51.1. The van der Waals surface area contributed by atoms with Crippen LogP contribution in [0.1, 0.15) is 91.1 Å². The SMILES string of the molecule is COC1/C=C/OC2(C)Oc3c(C)c(O)c4c(O)c(c5c(c4c3C2=O)=NC2(CC[N+]([O-])(CC(C)C)CC2)N=5)NC(=O)/C(C)=C\C=C\C(C)C(O)C(C)C(O)C(C)C(OC(C)=O)C1C. The van der Waals surface area contributed by atoms with Crippen LogP contribution in [0.5, 0.6) is 17.2 Å². The van der Waals surface area contributed by atoms with E-state index in [0.717, 1.165) is 0 Å². The van der Waals surface area contributed by atoms with Crippen LogP contribution in [0.25, 0.3) is 10.8 Å². The smallest absolute Gasteiger partial charge is 0.312 e. The predicted molar refractivity (Wildman–Crippen MR) is 229 cm³/mol. The Morgan fingerprint density at radius 1 is 0.984 bits per heavy atom. The van der Waals surface area contributed by atoms with Gasteiger partial charge in [0.2, 0.25) is 0 Å². The average Bonchev–Trinajstić information content (AvgIpc) is 3.72. The molecule has 1 spiro atoms. The molecule has 4 bridgehead atoms. The van der Waals surface area contributed by atoms with Crippen molar-refractivity contribution in [3.63, 3.8) is 0 Å². The van der Waals surface area contributed by atoms with Crippen molar-refractivity contribution in [2.45, 2.75) is 118 Å². The van der Waals surface area contributed by atoms with Crippen LogP contribution in [0.3, 0.4) is 0 Å². The van der Waals surface area contributed by atoms with Crippen molar-refractivity contribution in [2.24, 2.45) is 39.6 Å². The average molecular weight is 863 g/mol. The second-order valence-corrected chi connectivity index (χ2v) is 18.3. The van der Waals surface area contributed by atoms with Crippen molar-refractivity contribution in [3.8, 4) is 17.2 Å². The molecular weight excluding hydrogens is 801 g/mol. The molecule has 62 heavy (non-hydrogen) atoms. The van der Waals surface area contributed by atoms with Crippen LogP contribution < -0.4 is 20.8 Å². The quantitative estimate of drug-likeness (QED) is 0.121. The van der Waals surface area contributed by atoms with Crippen LogP contribution in [0.15, 0.2) is 46.1 Å². The lowest BCUT2D eigenvalue weighted by molar-refractivity contribution is -0.889. The van der Waals surface area contributed by atoms with Crippen LogP contribution in [0, 0.1) is 41.7 Å². The van der Waals surface area contributed by atoms with Gasteiger partial charge in [0.1, 0.15) is 28.6 Å². The number of allylic oxidation sites excluding steroid dienone is 2. The highest BCUT2D eigenvalue weighted by Crippen LogP contribution is 2.50. The van der Waals surface area contributed by atoms with E-state index < -0.39 is 93.3 Å². The zero-order chi connectivity index (χ0) is 45.8. The van der Waals surface area contributed by atoms with Crippen molar-refractivity contribution in [1.82, 2.24) is 0 Å². The molecule has 16 nitrogen and oxygen atoms in total. The number of phenolic OH excluding ortho intramolecular Hbond substituents is 2. The van der Waals surface area contributed by atoms with Gasteiger partial charge in [0.15, 0.2) is 11.4 Å². The Labute approximate surface area is 361 Å². The molecule has 0 aromatic heterocycles. The number of piperidine rings is 1. The van der Waals surface area contributed by atoms with Gasteiger partial charge in [0.05, 0.1) is 60.5 Å². The maximum Gasteiger partial charge on any atom is 0.312 e. The first-order valence-corrected chi connectivity index (χ1v) is 21.4. The third-order valence-electron chi connectivity index (χ3n) is 13.1. The number of esters is 1. The lowest BCUT2D eigenvalue weighted by Gasteiger charge is -2.49. The number of Topliss-reactive ketones (excluding diaryl/α,β-unsaturated/α-hetero) is 1. The Bertz CT molecular complexity index is 2350. The molecule has 16 heteroatoms. The molecule has 4 heterocycles. The fourth-order valence-electron chi connectivity index (χ4n) is 9.44. The Morgan fingerprint density at radius 3 is 2.24 bits per heavy atom. The molecule has 4 aliphatic heterocycles. The van der Waals surface area contributed by atoms with Gasteiger partial charge in [-0.15, -0.1) is 0 Å². The second-order valence-electron chi connectivity index (χ2n) is 18.3. The zero-order valence-electron chi connectivity index (χ0n) is 37.5. The van der Waals surface area contributed by atoms with Crippen LogP contribution >= 0.6 is 0 Å². The third-order valence-corrected chi connectivity index (χ3v) is 13.1. The Kier molecular flexibility index (Phi) is 13.1. The number of hydrogen-bond donors (Lipinski definition) is 5. The highest BCUT2D eigenvalue weighted by molar-refractivity contribution is 6.19. The van der Waals surface area contributed by atoms with Gasteiger partial charge in [0.25, 0.3) is 11.7 Å². The fourth-order valence-corrected chi connectivity index (χ4v) is 9.44. The molecule has 1 saturated heterocycles. The molecular formula is C46H62N4O12. The number of anilines is 1. The number of methoxy groups -OCH3 is 1. The first-order valence-electron chi connectivity index (χ1n) is 21.4. The number of amides is 1. The number of fused-ring (bicyclic) bond motifs is 1. The van der Waals surface area contributed by atoms with E-state index >= 15 is 0 Å². The molecule has 6 rings (SSSR count). The van der Waals surface area contributed by atoms with Crippen molar-refractivity contribution < 1.29 is 58.4 Å². The van der Waals surface area contributed by atoms with E-state index in [0.29, 0.717) is 6.54 Å². The van der Waals surface area contributed by atoms with Crippen LogP contribution in [0.2, 0.25) is 0 Å². The van der Waals surface area contributed by atoms with E-state index in [1.807, 2.05) is 13.8 Å². The van der Waals surface area contributed by atoms with Gasteiger partial charge in [-0.05, 0) is 19.9 Å². The summed E-state index contributed by atoms with van der Waals surface area (Å²) in [5, 5.41) is 63.5. The van der Waals surface area contributed by atoms with Gasteiger partial charge in [-0.2, -0.15) is 0 Å². The summed E-state index contributed by atoms with van der Waals surface area (Å²) in [6.07, 6.45) is 4.26. The zero-order valence-corrected chi connectivity index (χ0v) is 37.5. The Morgan fingerprint density at radius 2 is 1.63 bits per heavy atom.